The van der Waals surface area contributed by atoms with Gasteiger partial charge in [-0.1, -0.05) is 17.3 Å². The van der Waals surface area contributed by atoms with Crippen LogP contribution in [0.1, 0.15) is 17.5 Å². The Hall–Kier alpha value is -1.55. The van der Waals surface area contributed by atoms with Gasteiger partial charge in [0.25, 0.3) is 0 Å². The van der Waals surface area contributed by atoms with E-state index in [1.165, 1.54) is 0 Å². The van der Waals surface area contributed by atoms with Crippen LogP contribution in [0.3, 0.4) is 0 Å². The first-order valence-electron chi connectivity index (χ1n) is 4.93. The van der Waals surface area contributed by atoms with E-state index in [-0.39, 0.29) is 6.61 Å². The van der Waals surface area contributed by atoms with Gasteiger partial charge in [-0.05, 0) is 18.9 Å². The molecule has 0 atom stereocenters. The number of ether oxygens (including phenoxy) is 1. The van der Waals surface area contributed by atoms with Gasteiger partial charge in [0, 0.05) is 11.1 Å². The van der Waals surface area contributed by atoms with Crippen LogP contribution < -0.4 is 4.74 Å². The van der Waals surface area contributed by atoms with Crippen molar-refractivity contribution in [1.29, 1.82) is 0 Å². The third kappa shape index (κ3) is 1.80. The molecule has 1 aliphatic rings. The second-order valence-electron chi connectivity index (χ2n) is 3.40. The first kappa shape index (κ1) is 9.98. The molecule has 0 spiro atoms. The van der Waals surface area contributed by atoms with Crippen LogP contribution >= 0.6 is 0 Å². The standard InChI is InChI=1S/C11H13NO3/c13-6-7-15-11-3-1-2-8-9(11)4-5-10(8)12-14/h1-3,13-14H,4-7H2. The van der Waals surface area contributed by atoms with Crippen molar-refractivity contribution in [2.75, 3.05) is 13.2 Å². The summed E-state index contributed by atoms with van der Waals surface area (Å²) in [6.45, 7) is 0.298. The third-order valence-electron chi connectivity index (χ3n) is 2.53. The highest BCUT2D eigenvalue weighted by molar-refractivity contribution is 6.04. The molecule has 1 aliphatic carbocycles. The van der Waals surface area contributed by atoms with Gasteiger partial charge in [-0.15, -0.1) is 0 Å². The fraction of sp³-hybridized carbons (Fsp3) is 0.364. The number of benzene rings is 1. The number of hydrogen-bond acceptors (Lipinski definition) is 4. The molecule has 0 aromatic heterocycles. The summed E-state index contributed by atoms with van der Waals surface area (Å²) in [5.41, 5.74) is 2.73. The van der Waals surface area contributed by atoms with E-state index in [9.17, 15) is 0 Å². The minimum Gasteiger partial charge on any atom is -0.491 e. The zero-order valence-electron chi connectivity index (χ0n) is 8.31. The quantitative estimate of drug-likeness (QED) is 0.578. The van der Waals surface area contributed by atoms with E-state index in [4.69, 9.17) is 15.1 Å². The summed E-state index contributed by atoms with van der Waals surface area (Å²) >= 11 is 0. The van der Waals surface area contributed by atoms with E-state index in [1.54, 1.807) is 0 Å². The Morgan fingerprint density at radius 2 is 2.20 bits per heavy atom. The van der Waals surface area contributed by atoms with E-state index >= 15 is 0 Å². The molecule has 0 aliphatic heterocycles. The molecular weight excluding hydrogens is 194 g/mol. The van der Waals surface area contributed by atoms with Crippen LogP contribution in [0.15, 0.2) is 23.4 Å². The second kappa shape index (κ2) is 4.31. The summed E-state index contributed by atoms with van der Waals surface area (Å²) in [7, 11) is 0. The number of fused-ring (bicyclic) bond motifs is 1. The largest absolute Gasteiger partial charge is 0.491 e. The number of hydrogen-bond donors (Lipinski definition) is 2. The van der Waals surface area contributed by atoms with Crippen molar-refractivity contribution in [2.24, 2.45) is 5.16 Å². The number of nitrogens with zero attached hydrogens (tertiary/aromatic N) is 1. The maximum absolute atomic E-state index is 8.79. The molecule has 1 aromatic rings. The number of rotatable bonds is 3. The van der Waals surface area contributed by atoms with Crippen LogP contribution in [0.4, 0.5) is 0 Å². The van der Waals surface area contributed by atoms with Crippen LogP contribution in [0.5, 0.6) is 5.75 Å². The summed E-state index contributed by atoms with van der Waals surface area (Å²) in [5.74, 6) is 0.778. The average Bonchev–Trinajstić information content (AvgIpc) is 2.69. The van der Waals surface area contributed by atoms with Gasteiger partial charge in [-0.2, -0.15) is 0 Å². The van der Waals surface area contributed by atoms with Crippen molar-refractivity contribution in [1.82, 2.24) is 0 Å². The molecule has 4 nitrogen and oxygen atoms in total. The minimum atomic E-state index is 0.00458. The first-order chi connectivity index (χ1) is 7.36. The Balaban J connectivity index is 2.31. The maximum Gasteiger partial charge on any atom is 0.123 e. The second-order valence-corrected chi connectivity index (χ2v) is 3.40. The van der Waals surface area contributed by atoms with Gasteiger partial charge in [-0.3, -0.25) is 0 Å². The van der Waals surface area contributed by atoms with E-state index in [2.05, 4.69) is 5.16 Å². The SMILES string of the molecule is OCCOc1cccc2c1CCC2=NO. The number of aliphatic hydroxyl groups excluding tert-OH is 1. The van der Waals surface area contributed by atoms with Crippen LogP contribution in [0, 0.1) is 0 Å². The summed E-state index contributed by atoms with van der Waals surface area (Å²) in [5, 5.41) is 20.7. The van der Waals surface area contributed by atoms with Crippen molar-refractivity contribution in [2.45, 2.75) is 12.8 Å². The Labute approximate surface area is 87.8 Å². The maximum atomic E-state index is 8.79. The molecule has 0 heterocycles. The van der Waals surface area contributed by atoms with Crippen molar-refractivity contribution >= 4 is 5.71 Å². The minimum absolute atomic E-state index is 0.00458. The molecule has 2 N–H and O–H groups in total. The monoisotopic (exact) mass is 207 g/mol. The van der Waals surface area contributed by atoms with E-state index in [1.807, 2.05) is 18.2 Å². The summed E-state index contributed by atoms with van der Waals surface area (Å²) < 4.78 is 5.40. The molecule has 15 heavy (non-hydrogen) atoms. The van der Waals surface area contributed by atoms with Crippen LogP contribution in [0.2, 0.25) is 0 Å². The molecule has 0 radical (unpaired) electrons. The van der Waals surface area contributed by atoms with Gasteiger partial charge >= 0.3 is 0 Å². The molecule has 0 bridgehead atoms. The molecule has 0 fully saturated rings. The fourth-order valence-corrected chi connectivity index (χ4v) is 1.87. The summed E-state index contributed by atoms with van der Waals surface area (Å²) in [4.78, 5) is 0. The van der Waals surface area contributed by atoms with E-state index in [0.29, 0.717) is 12.3 Å². The molecule has 0 saturated heterocycles. The molecule has 0 unspecified atom stereocenters. The fourth-order valence-electron chi connectivity index (χ4n) is 1.87. The van der Waals surface area contributed by atoms with Gasteiger partial charge in [0.1, 0.15) is 12.4 Å². The van der Waals surface area contributed by atoms with E-state index < -0.39 is 0 Å². The van der Waals surface area contributed by atoms with Crippen molar-refractivity contribution in [3.63, 3.8) is 0 Å². The predicted octanol–water partition coefficient (Wildman–Crippen LogP) is 1.18. The van der Waals surface area contributed by atoms with Crippen molar-refractivity contribution in [3.8, 4) is 5.75 Å². The van der Waals surface area contributed by atoms with E-state index in [0.717, 1.165) is 29.7 Å². The van der Waals surface area contributed by atoms with Gasteiger partial charge in [0.15, 0.2) is 0 Å². The lowest BCUT2D eigenvalue weighted by atomic mass is 10.1. The lowest BCUT2D eigenvalue weighted by Crippen LogP contribution is -2.04. The Bertz CT molecular complexity index is 387. The Morgan fingerprint density at radius 3 is 2.93 bits per heavy atom. The molecule has 1 aromatic carbocycles. The Kier molecular flexibility index (Phi) is 2.87. The highest BCUT2D eigenvalue weighted by Gasteiger charge is 2.21. The normalized spacial score (nSPS) is 16.7. The molecule has 0 amide bonds. The van der Waals surface area contributed by atoms with Crippen LogP contribution in [-0.2, 0) is 6.42 Å². The zero-order valence-corrected chi connectivity index (χ0v) is 8.31. The van der Waals surface area contributed by atoms with Crippen molar-refractivity contribution < 1.29 is 15.1 Å². The van der Waals surface area contributed by atoms with Gasteiger partial charge in [0.2, 0.25) is 0 Å². The third-order valence-corrected chi connectivity index (χ3v) is 2.53. The first-order valence-corrected chi connectivity index (χ1v) is 4.93. The summed E-state index contributed by atoms with van der Waals surface area (Å²) in [6.07, 6.45) is 1.57. The lowest BCUT2D eigenvalue weighted by Gasteiger charge is -2.08. The average molecular weight is 207 g/mol. The van der Waals surface area contributed by atoms with Crippen LogP contribution in [0.25, 0.3) is 0 Å². The molecule has 0 saturated carbocycles. The predicted molar refractivity (Wildman–Crippen MR) is 55.7 cm³/mol. The molecular formula is C11H13NO3. The van der Waals surface area contributed by atoms with Crippen LogP contribution in [-0.4, -0.2) is 29.2 Å². The zero-order chi connectivity index (χ0) is 10.7. The molecule has 80 valence electrons. The highest BCUT2D eigenvalue weighted by Crippen LogP contribution is 2.30. The number of aliphatic hydroxyl groups is 1. The molecule has 4 heteroatoms. The van der Waals surface area contributed by atoms with Gasteiger partial charge in [-0.25, -0.2) is 0 Å². The topological polar surface area (TPSA) is 62.0 Å². The van der Waals surface area contributed by atoms with Gasteiger partial charge in [0.05, 0.1) is 12.3 Å². The molecule has 2 rings (SSSR count). The smallest absolute Gasteiger partial charge is 0.123 e. The highest BCUT2D eigenvalue weighted by atomic mass is 16.5. The van der Waals surface area contributed by atoms with Gasteiger partial charge < -0.3 is 15.1 Å². The lowest BCUT2D eigenvalue weighted by molar-refractivity contribution is 0.200. The van der Waals surface area contributed by atoms with Crippen molar-refractivity contribution in [3.05, 3.63) is 29.3 Å². The number of oxime groups is 1. The Morgan fingerprint density at radius 1 is 1.33 bits per heavy atom. The summed E-state index contributed by atoms with van der Waals surface area (Å²) in [6, 6.07) is 5.65.